The van der Waals surface area contributed by atoms with Gasteiger partial charge in [0.2, 0.25) is 0 Å². The molecule has 0 bridgehead atoms. The SMILES string of the molecule is COc1ccc(CNCCn2cccn2)c(Cl)c1OC. The van der Waals surface area contributed by atoms with Crippen LogP contribution in [0, 0.1) is 0 Å². The van der Waals surface area contributed by atoms with Gasteiger partial charge in [-0.1, -0.05) is 17.7 Å². The highest BCUT2D eigenvalue weighted by atomic mass is 35.5. The van der Waals surface area contributed by atoms with Crippen molar-refractivity contribution in [1.29, 1.82) is 0 Å². The van der Waals surface area contributed by atoms with Crippen molar-refractivity contribution in [2.75, 3.05) is 20.8 Å². The van der Waals surface area contributed by atoms with E-state index in [4.69, 9.17) is 21.1 Å². The molecule has 2 aromatic rings. The quantitative estimate of drug-likeness (QED) is 0.797. The Balaban J connectivity index is 1.92. The summed E-state index contributed by atoms with van der Waals surface area (Å²) in [5, 5.41) is 8.05. The van der Waals surface area contributed by atoms with Crippen LogP contribution in [0.15, 0.2) is 30.6 Å². The van der Waals surface area contributed by atoms with Gasteiger partial charge < -0.3 is 14.8 Å². The van der Waals surface area contributed by atoms with Crippen LogP contribution in [0.4, 0.5) is 0 Å². The molecule has 0 aliphatic heterocycles. The van der Waals surface area contributed by atoms with Crippen LogP contribution >= 0.6 is 11.6 Å². The molecule has 0 amide bonds. The second-order valence-electron chi connectivity index (χ2n) is 4.22. The molecule has 0 radical (unpaired) electrons. The van der Waals surface area contributed by atoms with Crippen molar-refractivity contribution in [3.63, 3.8) is 0 Å². The molecule has 20 heavy (non-hydrogen) atoms. The predicted octanol–water partition coefficient (Wildman–Crippen LogP) is 2.34. The van der Waals surface area contributed by atoms with Crippen molar-refractivity contribution in [1.82, 2.24) is 15.1 Å². The maximum absolute atomic E-state index is 6.31. The van der Waals surface area contributed by atoms with Gasteiger partial charge in [-0.15, -0.1) is 0 Å². The van der Waals surface area contributed by atoms with Gasteiger partial charge in [0.15, 0.2) is 11.5 Å². The topological polar surface area (TPSA) is 48.3 Å². The second kappa shape index (κ2) is 7.17. The molecule has 0 fully saturated rings. The van der Waals surface area contributed by atoms with E-state index in [1.54, 1.807) is 20.4 Å². The van der Waals surface area contributed by atoms with Crippen molar-refractivity contribution >= 4 is 11.6 Å². The van der Waals surface area contributed by atoms with Gasteiger partial charge in [0, 0.05) is 25.5 Å². The molecule has 0 unspecified atom stereocenters. The molecule has 0 aliphatic carbocycles. The van der Waals surface area contributed by atoms with Crippen LogP contribution in [-0.4, -0.2) is 30.5 Å². The fourth-order valence-electron chi connectivity index (χ4n) is 1.92. The Morgan fingerprint density at radius 1 is 1.30 bits per heavy atom. The zero-order chi connectivity index (χ0) is 14.4. The first-order chi connectivity index (χ1) is 9.76. The van der Waals surface area contributed by atoms with E-state index in [1.165, 1.54) is 0 Å². The minimum absolute atomic E-state index is 0.570. The highest BCUT2D eigenvalue weighted by Gasteiger charge is 2.12. The van der Waals surface area contributed by atoms with Crippen molar-refractivity contribution in [3.05, 3.63) is 41.2 Å². The van der Waals surface area contributed by atoms with Gasteiger partial charge in [0.05, 0.1) is 25.8 Å². The number of ether oxygens (including phenoxy) is 2. The summed E-state index contributed by atoms with van der Waals surface area (Å²) >= 11 is 6.31. The van der Waals surface area contributed by atoms with Crippen LogP contribution in [-0.2, 0) is 13.1 Å². The molecule has 5 nitrogen and oxygen atoms in total. The first-order valence-corrected chi connectivity index (χ1v) is 6.71. The van der Waals surface area contributed by atoms with Crippen LogP contribution in [0.3, 0.4) is 0 Å². The normalized spacial score (nSPS) is 10.6. The average Bonchev–Trinajstić information content (AvgIpc) is 2.97. The molecule has 0 aliphatic rings. The van der Waals surface area contributed by atoms with Gasteiger partial charge in [0.1, 0.15) is 0 Å². The zero-order valence-corrected chi connectivity index (χ0v) is 12.4. The number of benzene rings is 1. The fourth-order valence-corrected chi connectivity index (χ4v) is 2.22. The number of rotatable bonds is 7. The lowest BCUT2D eigenvalue weighted by atomic mass is 10.2. The van der Waals surface area contributed by atoms with E-state index in [0.717, 1.165) is 18.7 Å². The Morgan fingerprint density at radius 3 is 2.80 bits per heavy atom. The van der Waals surface area contributed by atoms with Crippen LogP contribution in [0.2, 0.25) is 5.02 Å². The van der Waals surface area contributed by atoms with Crippen LogP contribution < -0.4 is 14.8 Å². The van der Waals surface area contributed by atoms with Gasteiger partial charge in [-0.25, -0.2) is 0 Å². The number of hydrogen-bond donors (Lipinski definition) is 1. The highest BCUT2D eigenvalue weighted by Crippen LogP contribution is 2.37. The van der Waals surface area contributed by atoms with Gasteiger partial charge in [-0.2, -0.15) is 5.10 Å². The molecule has 0 atom stereocenters. The van der Waals surface area contributed by atoms with Crippen LogP contribution in [0.5, 0.6) is 11.5 Å². The molecule has 108 valence electrons. The smallest absolute Gasteiger partial charge is 0.179 e. The molecule has 6 heteroatoms. The summed E-state index contributed by atoms with van der Waals surface area (Å²) in [6, 6.07) is 5.70. The van der Waals surface area contributed by atoms with E-state index in [9.17, 15) is 0 Å². The molecule has 1 heterocycles. The number of hydrogen-bond acceptors (Lipinski definition) is 4. The monoisotopic (exact) mass is 295 g/mol. The number of methoxy groups -OCH3 is 2. The Labute approximate surface area is 123 Å². The average molecular weight is 296 g/mol. The molecule has 1 aromatic carbocycles. The molecule has 0 saturated carbocycles. The molecule has 1 aromatic heterocycles. The van der Waals surface area contributed by atoms with Crippen molar-refractivity contribution in [2.45, 2.75) is 13.1 Å². The number of halogens is 1. The standard InChI is InChI=1S/C14H18ClN3O2/c1-19-12-5-4-11(13(15)14(12)20-2)10-16-7-9-18-8-3-6-17-18/h3-6,8,16H,7,9-10H2,1-2H3. The van der Waals surface area contributed by atoms with Crippen LogP contribution in [0.25, 0.3) is 0 Å². The third-order valence-electron chi connectivity index (χ3n) is 2.96. The van der Waals surface area contributed by atoms with Gasteiger partial charge in [0.25, 0.3) is 0 Å². The largest absolute Gasteiger partial charge is 0.493 e. The van der Waals surface area contributed by atoms with E-state index in [1.807, 2.05) is 29.1 Å². The van der Waals surface area contributed by atoms with E-state index in [-0.39, 0.29) is 0 Å². The summed E-state index contributed by atoms with van der Waals surface area (Å²) in [7, 11) is 3.18. The molecule has 1 N–H and O–H groups in total. The lowest BCUT2D eigenvalue weighted by Crippen LogP contribution is -2.20. The number of nitrogens with one attached hydrogen (secondary N) is 1. The predicted molar refractivity (Wildman–Crippen MR) is 78.5 cm³/mol. The Bertz CT molecular complexity index is 544. The van der Waals surface area contributed by atoms with Crippen molar-refractivity contribution in [2.24, 2.45) is 0 Å². The van der Waals surface area contributed by atoms with Crippen molar-refractivity contribution in [3.8, 4) is 11.5 Å². The summed E-state index contributed by atoms with van der Waals surface area (Å²) in [6.07, 6.45) is 3.70. The van der Waals surface area contributed by atoms with Crippen LogP contribution in [0.1, 0.15) is 5.56 Å². The van der Waals surface area contributed by atoms with E-state index < -0.39 is 0 Å². The van der Waals surface area contributed by atoms with E-state index in [2.05, 4.69) is 10.4 Å². The van der Waals surface area contributed by atoms with Gasteiger partial charge >= 0.3 is 0 Å². The first kappa shape index (κ1) is 14.7. The van der Waals surface area contributed by atoms with Gasteiger partial charge in [-0.3, -0.25) is 4.68 Å². The number of aromatic nitrogens is 2. The zero-order valence-electron chi connectivity index (χ0n) is 11.6. The fraction of sp³-hybridized carbons (Fsp3) is 0.357. The summed E-state index contributed by atoms with van der Waals surface area (Å²) in [4.78, 5) is 0. The number of nitrogens with zero attached hydrogens (tertiary/aromatic N) is 2. The molecular formula is C14H18ClN3O2. The van der Waals surface area contributed by atoms with Crippen molar-refractivity contribution < 1.29 is 9.47 Å². The lowest BCUT2D eigenvalue weighted by Gasteiger charge is -2.13. The minimum Gasteiger partial charge on any atom is -0.493 e. The highest BCUT2D eigenvalue weighted by molar-refractivity contribution is 6.33. The summed E-state index contributed by atoms with van der Waals surface area (Å²) in [5.74, 6) is 1.21. The molecule has 0 saturated heterocycles. The second-order valence-corrected chi connectivity index (χ2v) is 4.60. The minimum atomic E-state index is 0.570. The Kier molecular flexibility index (Phi) is 5.26. The van der Waals surface area contributed by atoms with E-state index in [0.29, 0.717) is 23.1 Å². The molecule has 2 rings (SSSR count). The maximum atomic E-state index is 6.31. The first-order valence-electron chi connectivity index (χ1n) is 6.33. The van der Waals surface area contributed by atoms with Gasteiger partial charge in [-0.05, 0) is 17.7 Å². The summed E-state index contributed by atoms with van der Waals surface area (Å²) in [5.41, 5.74) is 0.977. The molecular weight excluding hydrogens is 278 g/mol. The Hall–Kier alpha value is -1.72. The maximum Gasteiger partial charge on any atom is 0.179 e. The summed E-state index contributed by atoms with van der Waals surface area (Å²) in [6.45, 7) is 2.30. The third-order valence-corrected chi connectivity index (χ3v) is 3.37. The third kappa shape index (κ3) is 3.43. The Morgan fingerprint density at radius 2 is 2.15 bits per heavy atom. The lowest BCUT2D eigenvalue weighted by molar-refractivity contribution is 0.354. The molecule has 0 spiro atoms. The van der Waals surface area contributed by atoms with E-state index >= 15 is 0 Å². The summed E-state index contributed by atoms with van der Waals surface area (Å²) < 4.78 is 12.4.